The quantitative estimate of drug-likeness (QED) is 0.702. The second kappa shape index (κ2) is 6.70. The maximum absolute atomic E-state index is 5.85. The predicted molar refractivity (Wildman–Crippen MR) is 88.1 cm³/mol. The Balaban J connectivity index is 1.70. The van der Waals surface area contributed by atoms with Crippen LogP contribution >= 0.6 is 0 Å². The molecule has 0 bridgehead atoms. The Morgan fingerprint density at radius 2 is 1.92 bits per heavy atom. The molecule has 124 valence electrons. The molecule has 3 rings (SSSR count). The van der Waals surface area contributed by atoms with Crippen molar-refractivity contribution < 1.29 is 14.0 Å². The second-order valence-electron chi connectivity index (χ2n) is 6.32. The summed E-state index contributed by atoms with van der Waals surface area (Å²) in [5.41, 5.74) is 0.684. The van der Waals surface area contributed by atoms with Gasteiger partial charge in [-0.15, -0.1) is 0 Å². The third kappa shape index (κ3) is 3.90. The van der Waals surface area contributed by atoms with Crippen molar-refractivity contribution in [2.24, 2.45) is 0 Å². The molecule has 0 N–H and O–H groups in total. The molecule has 0 spiro atoms. The summed E-state index contributed by atoms with van der Waals surface area (Å²) < 4.78 is 16.6. The number of hydrogen-bond acceptors (Lipinski definition) is 6. The average Bonchev–Trinajstić information content (AvgIpc) is 3.04. The maximum atomic E-state index is 5.85. The topological polar surface area (TPSA) is 70.3 Å². The molecule has 3 aromatic rings. The second-order valence-corrected chi connectivity index (χ2v) is 6.32. The van der Waals surface area contributed by atoms with E-state index >= 15 is 0 Å². The minimum Gasteiger partial charge on any atom is -0.455 e. The Hall–Kier alpha value is -2.89. The lowest BCUT2D eigenvalue weighted by Crippen LogP contribution is -2.13. The number of pyridine rings is 1. The van der Waals surface area contributed by atoms with Gasteiger partial charge in [-0.3, -0.25) is 9.51 Å². The summed E-state index contributed by atoms with van der Waals surface area (Å²) in [7, 11) is 0. The molecule has 6 heteroatoms. The average molecular weight is 325 g/mol. The Kier molecular flexibility index (Phi) is 4.46. The fourth-order valence-electron chi connectivity index (χ4n) is 1.97. The standard InChI is InChI=1S/C18H19N3O3/c1-18(2,3)16-20-17(24-21-16)22-12-13-7-4-5-9-15(13)23-14-8-6-10-19-11-14/h4-11H,12H2,1-3H3. The molecule has 0 saturated carbocycles. The van der Waals surface area contributed by atoms with Crippen LogP contribution in [0.1, 0.15) is 32.2 Å². The molecule has 2 heterocycles. The van der Waals surface area contributed by atoms with Gasteiger partial charge in [0.1, 0.15) is 18.1 Å². The number of aromatic nitrogens is 3. The SMILES string of the molecule is CC(C)(C)c1noc(OCc2ccccc2Oc2cccnc2)n1. The van der Waals surface area contributed by atoms with E-state index in [0.29, 0.717) is 17.3 Å². The van der Waals surface area contributed by atoms with Crippen LogP contribution in [0.5, 0.6) is 17.6 Å². The molecule has 0 aliphatic rings. The van der Waals surface area contributed by atoms with Crippen LogP contribution in [0.25, 0.3) is 0 Å². The summed E-state index contributed by atoms with van der Waals surface area (Å²) in [6.45, 7) is 6.30. The largest absolute Gasteiger partial charge is 0.455 e. The molecule has 0 aliphatic heterocycles. The van der Waals surface area contributed by atoms with E-state index in [0.717, 1.165) is 5.56 Å². The Morgan fingerprint density at radius 1 is 1.08 bits per heavy atom. The molecule has 0 fully saturated rings. The summed E-state index contributed by atoms with van der Waals surface area (Å²) in [5.74, 6) is 1.97. The lowest BCUT2D eigenvalue weighted by molar-refractivity contribution is 0.193. The van der Waals surface area contributed by atoms with E-state index in [2.05, 4.69) is 15.1 Å². The molecule has 0 radical (unpaired) electrons. The van der Waals surface area contributed by atoms with Crippen LogP contribution in [0.15, 0.2) is 53.3 Å². The minimum absolute atomic E-state index is 0.149. The van der Waals surface area contributed by atoms with Crippen LogP contribution in [0.3, 0.4) is 0 Å². The molecular weight excluding hydrogens is 306 g/mol. The van der Waals surface area contributed by atoms with E-state index in [1.165, 1.54) is 0 Å². The molecule has 24 heavy (non-hydrogen) atoms. The van der Waals surface area contributed by atoms with Gasteiger partial charge in [0, 0.05) is 17.2 Å². The highest BCUT2D eigenvalue weighted by atomic mass is 16.6. The first-order valence-corrected chi connectivity index (χ1v) is 7.65. The van der Waals surface area contributed by atoms with E-state index in [9.17, 15) is 0 Å². The fraction of sp³-hybridized carbons (Fsp3) is 0.278. The van der Waals surface area contributed by atoms with Gasteiger partial charge >= 0.3 is 6.08 Å². The van der Waals surface area contributed by atoms with Crippen molar-refractivity contribution >= 4 is 0 Å². The van der Waals surface area contributed by atoms with Gasteiger partial charge in [-0.2, -0.15) is 4.98 Å². The van der Waals surface area contributed by atoms with Crippen molar-refractivity contribution in [3.05, 3.63) is 60.2 Å². The lowest BCUT2D eigenvalue weighted by Gasteiger charge is -2.11. The number of nitrogens with zero attached hydrogens (tertiary/aromatic N) is 3. The Labute approximate surface area is 140 Å². The van der Waals surface area contributed by atoms with Crippen LogP contribution in [0.2, 0.25) is 0 Å². The van der Waals surface area contributed by atoms with E-state index < -0.39 is 0 Å². The van der Waals surface area contributed by atoms with Gasteiger partial charge in [-0.05, 0) is 18.2 Å². The number of ether oxygens (including phenoxy) is 2. The summed E-state index contributed by atoms with van der Waals surface area (Å²) in [6, 6.07) is 11.3. The third-order valence-electron chi connectivity index (χ3n) is 3.26. The van der Waals surface area contributed by atoms with Gasteiger partial charge in [0.25, 0.3) is 0 Å². The van der Waals surface area contributed by atoms with E-state index in [1.54, 1.807) is 12.4 Å². The first-order valence-electron chi connectivity index (χ1n) is 7.65. The Morgan fingerprint density at radius 3 is 2.62 bits per heavy atom. The van der Waals surface area contributed by atoms with Gasteiger partial charge in [0.2, 0.25) is 0 Å². The van der Waals surface area contributed by atoms with E-state index in [-0.39, 0.29) is 18.1 Å². The fourth-order valence-corrected chi connectivity index (χ4v) is 1.97. The molecular formula is C18H19N3O3. The Bertz CT molecular complexity index is 795. The molecule has 0 unspecified atom stereocenters. The van der Waals surface area contributed by atoms with Gasteiger partial charge < -0.3 is 9.47 Å². The zero-order valence-corrected chi connectivity index (χ0v) is 13.9. The number of benzene rings is 1. The van der Waals surface area contributed by atoms with Crippen LogP contribution in [0, 0.1) is 0 Å². The zero-order valence-electron chi connectivity index (χ0n) is 13.9. The van der Waals surface area contributed by atoms with Gasteiger partial charge in [-0.25, -0.2) is 0 Å². The number of para-hydroxylation sites is 1. The van der Waals surface area contributed by atoms with Crippen molar-refractivity contribution in [2.45, 2.75) is 32.8 Å². The van der Waals surface area contributed by atoms with Crippen molar-refractivity contribution in [1.29, 1.82) is 0 Å². The van der Waals surface area contributed by atoms with Crippen LogP contribution in [-0.4, -0.2) is 15.1 Å². The monoisotopic (exact) mass is 325 g/mol. The molecule has 0 amide bonds. The van der Waals surface area contributed by atoms with Gasteiger partial charge in [0.05, 0.1) is 6.20 Å². The first-order chi connectivity index (χ1) is 11.5. The smallest absolute Gasteiger partial charge is 0.417 e. The van der Waals surface area contributed by atoms with Crippen LogP contribution < -0.4 is 9.47 Å². The summed E-state index contributed by atoms with van der Waals surface area (Å²) in [4.78, 5) is 8.30. The third-order valence-corrected chi connectivity index (χ3v) is 3.26. The summed E-state index contributed by atoms with van der Waals surface area (Å²) >= 11 is 0. The molecule has 6 nitrogen and oxygen atoms in total. The summed E-state index contributed by atoms with van der Waals surface area (Å²) in [6.07, 6.45) is 3.51. The van der Waals surface area contributed by atoms with E-state index in [1.807, 2.05) is 57.2 Å². The van der Waals surface area contributed by atoms with Crippen molar-refractivity contribution in [1.82, 2.24) is 15.1 Å². The van der Waals surface area contributed by atoms with Gasteiger partial charge in [-0.1, -0.05) is 44.1 Å². The highest BCUT2D eigenvalue weighted by Gasteiger charge is 2.21. The highest BCUT2D eigenvalue weighted by Crippen LogP contribution is 2.26. The predicted octanol–water partition coefficient (Wildman–Crippen LogP) is 4.13. The van der Waals surface area contributed by atoms with Crippen molar-refractivity contribution in [3.63, 3.8) is 0 Å². The number of hydrogen-bond donors (Lipinski definition) is 0. The maximum Gasteiger partial charge on any atom is 0.417 e. The summed E-state index contributed by atoms with van der Waals surface area (Å²) in [5, 5.41) is 3.94. The van der Waals surface area contributed by atoms with Crippen molar-refractivity contribution in [2.75, 3.05) is 0 Å². The van der Waals surface area contributed by atoms with Crippen molar-refractivity contribution in [3.8, 4) is 17.6 Å². The normalized spacial score (nSPS) is 11.3. The first kappa shape index (κ1) is 16.0. The lowest BCUT2D eigenvalue weighted by atomic mass is 9.96. The molecule has 2 aromatic heterocycles. The highest BCUT2D eigenvalue weighted by molar-refractivity contribution is 5.36. The van der Waals surface area contributed by atoms with Crippen LogP contribution in [0.4, 0.5) is 0 Å². The number of rotatable bonds is 5. The minimum atomic E-state index is -0.188. The molecule has 1 aromatic carbocycles. The molecule has 0 aliphatic carbocycles. The van der Waals surface area contributed by atoms with Crippen LogP contribution in [-0.2, 0) is 12.0 Å². The molecule has 0 saturated heterocycles. The molecule has 0 atom stereocenters. The van der Waals surface area contributed by atoms with Gasteiger partial charge in [0.15, 0.2) is 5.82 Å². The van der Waals surface area contributed by atoms with E-state index in [4.69, 9.17) is 14.0 Å². The zero-order chi connectivity index (χ0) is 17.0.